The third-order valence-corrected chi connectivity index (χ3v) is 16.1. The van der Waals surface area contributed by atoms with Crippen LogP contribution in [0, 0.1) is 0 Å². The Kier molecular flexibility index (Phi) is 49.5. The van der Waals surface area contributed by atoms with Crippen molar-refractivity contribution in [3.05, 3.63) is 72.9 Å². The smallest absolute Gasteiger partial charge is 0.220 e. The van der Waals surface area contributed by atoms with Gasteiger partial charge in [-0.05, 0) is 70.6 Å². The first-order valence-corrected chi connectivity index (χ1v) is 33.7. The highest BCUT2D eigenvalue weighted by Crippen LogP contribution is 2.30. The van der Waals surface area contributed by atoms with Crippen molar-refractivity contribution in [2.75, 3.05) is 19.8 Å². The molecule has 2 aliphatic heterocycles. The summed E-state index contributed by atoms with van der Waals surface area (Å²) in [5.41, 5.74) is 0. The average Bonchev–Trinajstić information content (AvgIpc) is 3.64. The number of unbranched alkanes of at least 4 members (excludes halogenated alkanes) is 31. The van der Waals surface area contributed by atoms with Gasteiger partial charge in [-0.1, -0.05) is 260 Å². The lowest BCUT2D eigenvalue weighted by Gasteiger charge is -2.46. The van der Waals surface area contributed by atoms with Gasteiger partial charge in [0.15, 0.2) is 12.6 Å². The molecule has 12 unspecified atom stereocenters. The maximum Gasteiger partial charge on any atom is 0.220 e. The fourth-order valence-corrected chi connectivity index (χ4v) is 10.8. The molecule has 2 heterocycles. The van der Waals surface area contributed by atoms with Crippen molar-refractivity contribution >= 4 is 5.91 Å². The highest BCUT2D eigenvalue weighted by atomic mass is 16.7. The summed E-state index contributed by atoms with van der Waals surface area (Å²) in [4.78, 5) is 13.3. The van der Waals surface area contributed by atoms with Crippen LogP contribution in [0.15, 0.2) is 72.9 Å². The normalized spacial score (nSPS) is 24.3. The largest absolute Gasteiger partial charge is 0.394 e. The van der Waals surface area contributed by atoms with Crippen molar-refractivity contribution in [1.29, 1.82) is 0 Å². The van der Waals surface area contributed by atoms with Crippen LogP contribution < -0.4 is 5.32 Å². The van der Waals surface area contributed by atoms with Gasteiger partial charge >= 0.3 is 0 Å². The summed E-state index contributed by atoms with van der Waals surface area (Å²) in [6.45, 7) is 2.69. The molecule has 0 bridgehead atoms. The second-order valence-electron chi connectivity index (χ2n) is 23.6. The minimum Gasteiger partial charge on any atom is -0.394 e. The number of nitrogens with one attached hydrogen (secondary N) is 1. The molecule has 9 N–H and O–H groups in total. The Bertz CT molecular complexity index is 1670. The Labute approximate surface area is 504 Å². The van der Waals surface area contributed by atoms with E-state index in [4.69, 9.17) is 18.9 Å². The summed E-state index contributed by atoms with van der Waals surface area (Å²) >= 11 is 0. The number of rotatable bonds is 54. The molecule has 1 amide bonds. The molecule has 2 aliphatic rings. The van der Waals surface area contributed by atoms with Gasteiger partial charge in [-0.15, -0.1) is 0 Å². The van der Waals surface area contributed by atoms with Crippen LogP contribution in [0.5, 0.6) is 0 Å². The minimum atomic E-state index is -1.79. The molecule has 2 rings (SSSR count). The number of aliphatic hydroxyl groups is 8. The number of carbonyl (C=O) groups excluding carboxylic acids is 1. The van der Waals surface area contributed by atoms with Gasteiger partial charge in [0, 0.05) is 6.42 Å². The fraction of sp³-hybridized carbons (Fsp3) is 0.812. The van der Waals surface area contributed by atoms with Crippen LogP contribution in [0.4, 0.5) is 0 Å². The molecule has 83 heavy (non-hydrogen) atoms. The van der Waals surface area contributed by atoms with E-state index in [0.717, 1.165) is 64.2 Å². The number of hydrogen-bond donors (Lipinski definition) is 9. The zero-order chi connectivity index (χ0) is 60.2. The molecule has 0 spiro atoms. The number of hydrogen-bond acceptors (Lipinski definition) is 13. The summed E-state index contributed by atoms with van der Waals surface area (Å²) < 4.78 is 22.8. The predicted octanol–water partition coefficient (Wildman–Crippen LogP) is 13.1. The van der Waals surface area contributed by atoms with E-state index in [9.17, 15) is 45.6 Å². The lowest BCUT2D eigenvalue weighted by molar-refractivity contribution is -0.359. The van der Waals surface area contributed by atoms with Crippen molar-refractivity contribution in [2.24, 2.45) is 0 Å². The van der Waals surface area contributed by atoms with Gasteiger partial charge in [0.2, 0.25) is 5.91 Å². The molecule has 2 saturated heterocycles. The fourth-order valence-electron chi connectivity index (χ4n) is 10.8. The van der Waals surface area contributed by atoms with Crippen molar-refractivity contribution < 1.29 is 64.6 Å². The molecule has 14 heteroatoms. The molecule has 0 aromatic carbocycles. The third kappa shape index (κ3) is 38.4. The summed E-state index contributed by atoms with van der Waals surface area (Å²) in [6.07, 6.45) is 55.2. The summed E-state index contributed by atoms with van der Waals surface area (Å²) in [6, 6.07) is -0.939. The third-order valence-electron chi connectivity index (χ3n) is 16.1. The van der Waals surface area contributed by atoms with E-state index in [0.29, 0.717) is 12.8 Å². The van der Waals surface area contributed by atoms with Crippen LogP contribution in [0.2, 0.25) is 0 Å². The number of aliphatic hydroxyl groups excluding tert-OH is 8. The quantitative estimate of drug-likeness (QED) is 0.0204. The van der Waals surface area contributed by atoms with E-state index in [1.807, 2.05) is 6.08 Å². The lowest BCUT2D eigenvalue weighted by atomic mass is 9.97. The molecule has 482 valence electrons. The lowest BCUT2D eigenvalue weighted by Crippen LogP contribution is -2.65. The highest BCUT2D eigenvalue weighted by Gasteiger charge is 2.51. The van der Waals surface area contributed by atoms with Gasteiger partial charge < -0.3 is 65.1 Å². The van der Waals surface area contributed by atoms with Gasteiger partial charge in [-0.3, -0.25) is 4.79 Å². The molecule has 0 aromatic heterocycles. The van der Waals surface area contributed by atoms with Crippen molar-refractivity contribution in [1.82, 2.24) is 5.32 Å². The second kappa shape index (κ2) is 53.7. The van der Waals surface area contributed by atoms with Crippen molar-refractivity contribution in [3.8, 4) is 0 Å². The maximum absolute atomic E-state index is 13.3. The molecular formula is C69H123NO13. The predicted molar refractivity (Wildman–Crippen MR) is 337 cm³/mol. The van der Waals surface area contributed by atoms with E-state index in [2.05, 4.69) is 79.9 Å². The van der Waals surface area contributed by atoms with Crippen molar-refractivity contribution in [2.45, 2.75) is 338 Å². The zero-order valence-electron chi connectivity index (χ0n) is 52.2. The molecule has 2 fully saturated rings. The van der Waals surface area contributed by atoms with Gasteiger partial charge in [0.1, 0.15) is 48.8 Å². The van der Waals surface area contributed by atoms with E-state index < -0.39 is 86.8 Å². The molecule has 0 saturated carbocycles. The van der Waals surface area contributed by atoms with E-state index in [1.54, 1.807) is 6.08 Å². The molecule has 0 aromatic rings. The van der Waals surface area contributed by atoms with E-state index in [-0.39, 0.29) is 18.9 Å². The Morgan fingerprint density at radius 2 is 0.843 bits per heavy atom. The summed E-state index contributed by atoms with van der Waals surface area (Å²) in [7, 11) is 0. The Balaban J connectivity index is 1.73. The van der Waals surface area contributed by atoms with Crippen molar-refractivity contribution in [3.63, 3.8) is 0 Å². The first-order chi connectivity index (χ1) is 40.6. The zero-order valence-corrected chi connectivity index (χ0v) is 52.2. The number of carbonyl (C=O) groups is 1. The molecular weight excluding hydrogens is 1050 g/mol. The maximum atomic E-state index is 13.3. The number of amides is 1. The first kappa shape index (κ1) is 76.5. The summed E-state index contributed by atoms with van der Waals surface area (Å²) in [5.74, 6) is -0.254. The average molecular weight is 1170 g/mol. The van der Waals surface area contributed by atoms with Crippen LogP contribution in [0.25, 0.3) is 0 Å². The molecule has 0 aliphatic carbocycles. The van der Waals surface area contributed by atoms with Crippen LogP contribution in [-0.4, -0.2) is 140 Å². The molecule has 0 radical (unpaired) electrons. The van der Waals surface area contributed by atoms with E-state index >= 15 is 0 Å². The van der Waals surface area contributed by atoms with Gasteiger partial charge in [0.05, 0.1) is 32.0 Å². The first-order valence-electron chi connectivity index (χ1n) is 33.7. The molecule has 14 nitrogen and oxygen atoms in total. The second-order valence-corrected chi connectivity index (χ2v) is 23.6. The standard InChI is InChI=1S/C69H123NO13/c1-3-5-7-9-11-13-15-17-19-21-23-25-27-28-29-31-32-34-36-38-40-42-44-46-48-50-52-58(73)57(56-80-68-66(79)64(77)67(60(55-72)82-68)83-69-65(78)63(76)62(75)59(54-71)81-69)70-61(74)53-51-49-47-45-43-41-39-37-35-33-30-26-24-22-20-18-16-14-12-10-8-6-4-2/h6,8,12,14,18,20,24,26,42,44,50,52,57-60,62-69,71-73,75-79H,3-5,7,9-11,13,15-17,19,21-23,25,27-41,43,45-49,51,53-56H2,1-2H3,(H,70,74)/b8-6-,14-12-,20-18-,26-24-,44-42+,52-50+. The highest BCUT2D eigenvalue weighted by molar-refractivity contribution is 5.76. The monoisotopic (exact) mass is 1170 g/mol. The topological polar surface area (TPSA) is 228 Å². The minimum absolute atomic E-state index is 0.254. The summed E-state index contributed by atoms with van der Waals surface area (Å²) in [5, 5.41) is 87.3. The van der Waals surface area contributed by atoms with Crippen LogP contribution in [0.3, 0.4) is 0 Å². The van der Waals surface area contributed by atoms with Crippen LogP contribution in [-0.2, 0) is 23.7 Å². The Morgan fingerprint density at radius 3 is 1.33 bits per heavy atom. The molecule has 12 atom stereocenters. The van der Waals surface area contributed by atoms with Gasteiger partial charge in [-0.2, -0.15) is 0 Å². The van der Waals surface area contributed by atoms with Gasteiger partial charge in [0.25, 0.3) is 0 Å². The van der Waals surface area contributed by atoms with E-state index in [1.165, 1.54) is 167 Å². The van der Waals surface area contributed by atoms with Gasteiger partial charge in [-0.25, -0.2) is 0 Å². The Hall–Kier alpha value is -2.57. The number of ether oxygens (including phenoxy) is 4. The Morgan fingerprint density at radius 1 is 0.446 bits per heavy atom. The van der Waals surface area contributed by atoms with Crippen LogP contribution >= 0.6 is 0 Å². The SMILES string of the molecule is CC/C=C\C/C=C\C/C=C\C/C=C\CCCCCCCCCCCCC(=O)NC(COC1OC(CO)C(OC2OC(CO)C(O)C(O)C2O)C(O)C1O)C(O)/C=C/CC/C=C/CCCCCCCCCCCCCCCCCCCCCC. The number of allylic oxidation sites excluding steroid dienone is 11. The van der Waals surface area contributed by atoms with Crippen LogP contribution in [0.1, 0.15) is 264 Å².